The molecular formula is C13H24N4O2. The molecule has 2 N–H and O–H groups in total. The van der Waals surface area contributed by atoms with Gasteiger partial charge in [-0.1, -0.05) is 12.1 Å². The Morgan fingerprint density at radius 1 is 1.37 bits per heavy atom. The molecule has 1 aliphatic heterocycles. The smallest absolute Gasteiger partial charge is 0.229 e. The van der Waals surface area contributed by atoms with Crippen molar-refractivity contribution in [3.8, 4) is 0 Å². The Bertz CT molecular complexity index is 363. The summed E-state index contributed by atoms with van der Waals surface area (Å²) in [7, 11) is 0. The molecule has 1 aromatic rings. The third-order valence-corrected chi connectivity index (χ3v) is 3.28. The summed E-state index contributed by atoms with van der Waals surface area (Å²) in [6, 6.07) is -0.160. The van der Waals surface area contributed by atoms with Gasteiger partial charge in [-0.25, -0.2) is 0 Å². The maximum atomic E-state index is 6.11. The van der Waals surface area contributed by atoms with E-state index in [2.05, 4.69) is 22.0 Å². The van der Waals surface area contributed by atoms with Crippen LogP contribution < -0.4 is 5.73 Å². The van der Waals surface area contributed by atoms with Crippen molar-refractivity contribution >= 4 is 0 Å². The highest BCUT2D eigenvalue weighted by atomic mass is 16.5. The van der Waals surface area contributed by atoms with E-state index in [4.69, 9.17) is 15.0 Å². The predicted octanol–water partition coefficient (Wildman–Crippen LogP) is 1.13. The van der Waals surface area contributed by atoms with Crippen molar-refractivity contribution in [3.05, 3.63) is 11.7 Å². The summed E-state index contributed by atoms with van der Waals surface area (Å²) in [5.41, 5.74) is 6.11. The maximum Gasteiger partial charge on any atom is 0.229 e. The first kappa shape index (κ1) is 14.4. The molecule has 1 unspecified atom stereocenters. The highest BCUT2D eigenvalue weighted by Crippen LogP contribution is 2.13. The van der Waals surface area contributed by atoms with Crippen molar-refractivity contribution in [1.29, 1.82) is 0 Å². The van der Waals surface area contributed by atoms with Gasteiger partial charge in [0, 0.05) is 13.2 Å². The van der Waals surface area contributed by atoms with Crippen LogP contribution in [-0.4, -0.2) is 47.9 Å². The summed E-state index contributed by atoms with van der Waals surface area (Å²) in [6.07, 6.45) is 4.21. The van der Waals surface area contributed by atoms with Crippen LogP contribution in [0.5, 0.6) is 0 Å². The molecule has 2 heterocycles. The highest BCUT2D eigenvalue weighted by molar-refractivity contribution is 4.94. The van der Waals surface area contributed by atoms with E-state index < -0.39 is 0 Å². The lowest BCUT2D eigenvalue weighted by Gasteiger charge is -2.17. The van der Waals surface area contributed by atoms with Gasteiger partial charge in [-0.3, -0.25) is 0 Å². The first-order chi connectivity index (χ1) is 9.29. The summed E-state index contributed by atoms with van der Waals surface area (Å²) in [6.45, 7) is 6.55. The molecule has 6 heteroatoms. The van der Waals surface area contributed by atoms with Crippen molar-refractivity contribution in [1.82, 2.24) is 15.0 Å². The zero-order valence-electron chi connectivity index (χ0n) is 11.7. The first-order valence-corrected chi connectivity index (χ1v) is 7.17. The summed E-state index contributed by atoms with van der Waals surface area (Å²) < 4.78 is 10.6. The van der Waals surface area contributed by atoms with E-state index in [-0.39, 0.29) is 6.04 Å². The zero-order chi connectivity index (χ0) is 13.5. The van der Waals surface area contributed by atoms with Gasteiger partial charge in [0.1, 0.15) is 0 Å². The van der Waals surface area contributed by atoms with Crippen molar-refractivity contribution in [3.63, 3.8) is 0 Å². The lowest BCUT2D eigenvalue weighted by Crippen LogP contribution is -2.30. The largest absolute Gasteiger partial charge is 0.381 e. The van der Waals surface area contributed by atoms with Gasteiger partial charge < -0.3 is 19.9 Å². The second-order valence-corrected chi connectivity index (χ2v) is 5.02. The molecule has 0 amide bonds. The highest BCUT2D eigenvalue weighted by Gasteiger charge is 2.19. The lowest BCUT2D eigenvalue weighted by atomic mass is 10.3. The van der Waals surface area contributed by atoms with Gasteiger partial charge in [0.25, 0.3) is 0 Å². The van der Waals surface area contributed by atoms with Crippen LogP contribution in [0.15, 0.2) is 4.52 Å². The van der Waals surface area contributed by atoms with Gasteiger partial charge in [0.2, 0.25) is 5.89 Å². The van der Waals surface area contributed by atoms with Crippen LogP contribution in [0, 0.1) is 0 Å². The quantitative estimate of drug-likeness (QED) is 0.712. The van der Waals surface area contributed by atoms with Gasteiger partial charge in [-0.05, 0) is 32.4 Å². The van der Waals surface area contributed by atoms with Crippen molar-refractivity contribution in [2.45, 2.75) is 38.6 Å². The SMILES string of the molecule is CCCOCCc1nc(C(N)CN2CCCC2)no1. The Hall–Kier alpha value is -0.980. The minimum atomic E-state index is -0.160. The standard InChI is InChI=1S/C13H24N4O2/c1-2-8-18-9-5-12-15-13(16-19-12)11(14)10-17-6-3-4-7-17/h11H,2-10,14H2,1H3. The predicted molar refractivity (Wildman–Crippen MR) is 71.7 cm³/mol. The molecule has 108 valence electrons. The lowest BCUT2D eigenvalue weighted by molar-refractivity contribution is 0.132. The molecule has 1 saturated heterocycles. The summed E-state index contributed by atoms with van der Waals surface area (Å²) >= 11 is 0. The van der Waals surface area contributed by atoms with Crippen molar-refractivity contribution in [2.24, 2.45) is 5.73 Å². The van der Waals surface area contributed by atoms with E-state index in [1.54, 1.807) is 0 Å². The van der Waals surface area contributed by atoms with Crippen LogP contribution in [0.2, 0.25) is 0 Å². The number of nitrogens with zero attached hydrogens (tertiary/aromatic N) is 3. The van der Waals surface area contributed by atoms with E-state index in [0.717, 1.165) is 32.7 Å². The van der Waals surface area contributed by atoms with Gasteiger partial charge in [0.05, 0.1) is 19.1 Å². The normalized spacial score (nSPS) is 18.0. The van der Waals surface area contributed by atoms with E-state index in [1.165, 1.54) is 12.8 Å². The van der Waals surface area contributed by atoms with Crippen molar-refractivity contribution < 1.29 is 9.26 Å². The molecule has 2 rings (SSSR count). The fourth-order valence-corrected chi connectivity index (χ4v) is 2.25. The molecule has 0 radical (unpaired) electrons. The van der Waals surface area contributed by atoms with E-state index >= 15 is 0 Å². The Morgan fingerprint density at radius 3 is 2.89 bits per heavy atom. The van der Waals surface area contributed by atoms with E-state index in [9.17, 15) is 0 Å². The number of aromatic nitrogens is 2. The molecule has 1 aromatic heterocycles. The zero-order valence-corrected chi connectivity index (χ0v) is 11.7. The summed E-state index contributed by atoms with van der Waals surface area (Å²) in [5.74, 6) is 1.22. The molecular weight excluding hydrogens is 244 g/mol. The summed E-state index contributed by atoms with van der Waals surface area (Å²) in [5, 5.41) is 3.96. The number of hydrogen-bond donors (Lipinski definition) is 1. The average Bonchev–Trinajstić information content (AvgIpc) is 3.05. The molecule has 19 heavy (non-hydrogen) atoms. The average molecular weight is 268 g/mol. The fraction of sp³-hybridized carbons (Fsp3) is 0.846. The molecule has 0 aliphatic carbocycles. The Labute approximate surface area is 114 Å². The van der Waals surface area contributed by atoms with Gasteiger partial charge >= 0.3 is 0 Å². The van der Waals surface area contributed by atoms with Crippen LogP contribution in [0.3, 0.4) is 0 Å². The summed E-state index contributed by atoms with van der Waals surface area (Å²) in [4.78, 5) is 6.69. The van der Waals surface area contributed by atoms with Gasteiger partial charge in [-0.2, -0.15) is 4.98 Å². The number of nitrogens with two attached hydrogens (primary N) is 1. The molecule has 1 fully saturated rings. The first-order valence-electron chi connectivity index (χ1n) is 7.17. The monoisotopic (exact) mass is 268 g/mol. The molecule has 0 bridgehead atoms. The molecule has 0 spiro atoms. The Balaban J connectivity index is 1.75. The second-order valence-electron chi connectivity index (χ2n) is 5.02. The van der Waals surface area contributed by atoms with Crippen LogP contribution in [0.25, 0.3) is 0 Å². The number of hydrogen-bond acceptors (Lipinski definition) is 6. The topological polar surface area (TPSA) is 77.4 Å². The third-order valence-electron chi connectivity index (χ3n) is 3.28. The minimum Gasteiger partial charge on any atom is -0.381 e. The van der Waals surface area contributed by atoms with E-state index in [1.807, 2.05) is 0 Å². The third kappa shape index (κ3) is 4.56. The molecule has 6 nitrogen and oxygen atoms in total. The minimum absolute atomic E-state index is 0.160. The molecule has 1 aliphatic rings. The van der Waals surface area contributed by atoms with Crippen LogP contribution in [-0.2, 0) is 11.2 Å². The van der Waals surface area contributed by atoms with Gasteiger partial charge in [-0.15, -0.1) is 0 Å². The number of likely N-dealkylation sites (tertiary alicyclic amines) is 1. The molecule has 0 saturated carbocycles. The van der Waals surface area contributed by atoms with Crippen LogP contribution >= 0.6 is 0 Å². The second kappa shape index (κ2) is 7.57. The Morgan fingerprint density at radius 2 is 2.16 bits per heavy atom. The van der Waals surface area contributed by atoms with Crippen molar-refractivity contribution in [2.75, 3.05) is 32.8 Å². The Kier molecular flexibility index (Phi) is 5.75. The van der Waals surface area contributed by atoms with Crippen LogP contribution in [0.1, 0.15) is 43.9 Å². The molecule has 1 atom stereocenters. The number of ether oxygens (including phenoxy) is 1. The molecule has 0 aromatic carbocycles. The van der Waals surface area contributed by atoms with E-state index in [0.29, 0.717) is 24.7 Å². The van der Waals surface area contributed by atoms with Gasteiger partial charge in [0.15, 0.2) is 5.82 Å². The van der Waals surface area contributed by atoms with Crippen LogP contribution in [0.4, 0.5) is 0 Å². The maximum absolute atomic E-state index is 6.11. The number of rotatable bonds is 8. The fourth-order valence-electron chi connectivity index (χ4n) is 2.25.